The van der Waals surface area contributed by atoms with Crippen LogP contribution in [0, 0.1) is 6.92 Å². The van der Waals surface area contributed by atoms with E-state index in [4.69, 9.17) is 27.8 Å². The Morgan fingerprint density at radius 2 is 2.12 bits per heavy atom. The minimum absolute atomic E-state index is 0.170. The monoisotopic (exact) mass is 242 g/mol. The second-order valence-corrected chi connectivity index (χ2v) is 4.25. The summed E-state index contributed by atoms with van der Waals surface area (Å²) < 4.78 is 5.58. The molecule has 0 aliphatic carbocycles. The maximum absolute atomic E-state index is 6.15. The molecule has 1 unspecified atom stereocenters. The molecule has 0 saturated carbocycles. The highest BCUT2D eigenvalue weighted by Crippen LogP contribution is 2.31. The molecular weight excluding hydrogens is 224 g/mol. The first kappa shape index (κ1) is 13.3. The average Bonchev–Trinajstić information content (AvgIpc) is 2.26. The van der Waals surface area contributed by atoms with Crippen LogP contribution in [0.1, 0.15) is 30.5 Å². The van der Waals surface area contributed by atoms with Gasteiger partial charge in [-0.25, -0.2) is 0 Å². The summed E-state index contributed by atoms with van der Waals surface area (Å²) in [5.41, 5.74) is 13.3. The molecule has 0 fully saturated rings. The third kappa shape index (κ3) is 3.11. The lowest BCUT2D eigenvalue weighted by atomic mass is 10.0. The topological polar surface area (TPSA) is 61.3 Å². The molecule has 4 heteroatoms. The highest BCUT2D eigenvalue weighted by molar-refractivity contribution is 6.32. The van der Waals surface area contributed by atoms with Crippen LogP contribution >= 0.6 is 11.6 Å². The number of nitrogens with two attached hydrogens (primary N) is 2. The fourth-order valence-electron chi connectivity index (χ4n) is 1.49. The van der Waals surface area contributed by atoms with Gasteiger partial charge >= 0.3 is 0 Å². The summed E-state index contributed by atoms with van der Waals surface area (Å²) in [6.45, 7) is 5.10. The summed E-state index contributed by atoms with van der Waals surface area (Å²) in [5, 5.41) is 0.604. The van der Waals surface area contributed by atoms with Gasteiger partial charge in [0.15, 0.2) is 0 Å². The molecule has 4 N–H and O–H groups in total. The van der Waals surface area contributed by atoms with Crippen LogP contribution in [-0.2, 0) is 0 Å². The molecule has 0 amide bonds. The van der Waals surface area contributed by atoms with Gasteiger partial charge in [0, 0.05) is 12.6 Å². The van der Waals surface area contributed by atoms with Crippen molar-refractivity contribution in [2.24, 2.45) is 11.5 Å². The number of rotatable bonds is 5. The zero-order chi connectivity index (χ0) is 12.1. The molecule has 1 rings (SSSR count). The molecule has 0 aromatic heterocycles. The minimum Gasteiger partial charge on any atom is -0.492 e. The van der Waals surface area contributed by atoms with Crippen LogP contribution in [0.5, 0.6) is 5.75 Å². The number of benzene rings is 1. The molecule has 0 spiro atoms. The predicted molar refractivity (Wildman–Crippen MR) is 68.0 cm³/mol. The van der Waals surface area contributed by atoms with Gasteiger partial charge < -0.3 is 16.2 Å². The van der Waals surface area contributed by atoms with Crippen molar-refractivity contribution >= 4 is 11.6 Å². The van der Waals surface area contributed by atoms with E-state index in [1.807, 2.05) is 19.1 Å². The Balaban J connectivity index is 2.97. The summed E-state index contributed by atoms with van der Waals surface area (Å²) in [4.78, 5) is 0. The Hall–Kier alpha value is -0.770. The maximum Gasteiger partial charge on any atom is 0.140 e. The molecule has 3 nitrogen and oxygen atoms in total. The van der Waals surface area contributed by atoms with Crippen LogP contribution in [-0.4, -0.2) is 13.2 Å². The molecule has 0 bridgehead atoms. The molecule has 0 saturated heterocycles. The van der Waals surface area contributed by atoms with Crippen molar-refractivity contribution in [3.8, 4) is 5.75 Å². The van der Waals surface area contributed by atoms with Crippen molar-refractivity contribution < 1.29 is 4.74 Å². The van der Waals surface area contributed by atoms with E-state index in [0.29, 0.717) is 18.2 Å². The molecule has 1 aromatic rings. The standard InChI is InChI=1S/C12H19ClN2O/c1-3-4-16-12-8(2)5-9(6-10(12)13)11(15)7-14/h5-6,11H,3-4,7,14-15H2,1-2H3. The van der Waals surface area contributed by atoms with E-state index in [0.717, 1.165) is 23.3 Å². The van der Waals surface area contributed by atoms with Crippen molar-refractivity contribution in [3.05, 3.63) is 28.3 Å². The largest absolute Gasteiger partial charge is 0.492 e. The van der Waals surface area contributed by atoms with E-state index in [-0.39, 0.29) is 6.04 Å². The normalized spacial score (nSPS) is 12.6. The first-order valence-electron chi connectivity index (χ1n) is 5.48. The van der Waals surface area contributed by atoms with Gasteiger partial charge in [0.1, 0.15) is 5.75 Å². The van der Waals surface area contributed by atoms with Crippen LogP contribution in [0.3, 0.4) is 0 Å². The van der Waals surface area contributed by atoms with E-state index < -0.39 is 0 Å². The van der Waals surface area contributed by atoms with Crippen molar-refractivity contribution in [1.29, 1.82) is 0 Å². The summed E-state index contributed by atoms with van der Waals surface area (Å²) in [6.07, 6.45) is 0.958. The second kappa shape index (κ2) is 6.09. The maximum atomic E-state index is 6.15. The third-order valence-corrected chi connectivity index (χ3v) is 2.66. The van der Waals surface area contributed by atoms with Crippen LogP contribution in [0.25, 0.3) is 0 Å². The molecule has 1 aromatic carbocycles. The Bertz CT molecular complexity index is 332. The smallest absolute Gasteiger partial charge is 0.140 e. The van der Waals surface area contributed by atoms with Gasteiger partial charge in [-0.3, -0.25) is 0 Å². The van der Waals surface area contributed by atoms with Crippen LogP contribution < -0.4 is 16.2 Å². The second-order valence-electron chi connectivity index (χ2n) is 3.84. The van der Waals surface area contributed by atoms with E-state index >= 15 is 0 Å². The molecule has 0 aliphatic heterocycles. The van der Waals surface area contributed by atoms with Gasteiger partial charge in [0.2, 0.25) is 0 Å². The first-order chi connectivity index (χ1) is 7.60. The van der Waals surface area contributed by atoms with Gasteiger partial charge in [-0.2, -0.15) is 0 Å². The Morgan fingerprint density at radius 1 is 1.44 bits per heavy atom. The fraction of sp³-hybridized carbons (Fsp3) is 0.500. The number of halogens is 1. The van der Waals surface area contributed by atoms with Gasteiger partial charge in [0.05, 0.1) is 11.6 Å². The Kier molecular flexibility index (Phi) is 5.06. The molecule has 0 aliphatic rings. The van der Waals surface area contributed by atoms with Crippen molar-refractivity contribution in [3.63, 3.8) is 0 Å². The molecule has 16 heavy (non-hydrogen) atoms. The Labute approximate surface area is 102 Å². The first-order valence-corrected chi connectivity index (χ1v) is 5.86. The van der Waals surface area contributed by atoms with Crippen LogP contribution in [0.15, 0.2) is 12.1 Å². The molecule has 0 heterocycles. The van der Waals surface area contributed by atoms with Crippen LogP contribution in [0.2, 0.25) is 5.02 Å². The van der Waals surface area contributed by atoms with E-state index in [2.05, 4.69) is 6.92 Å². The van der Waals surface area contributed by atoms with Gasteiger partial charge in [-0.1, -0.05) is 24.6 Å². The zero-order valence-electron chi connectivity index (χ0n) is 9.79. The third-order valence-electron chi connectivity index (χ3n) is 2.38. The Morgan fingerprint density at radius 3 is 2.62 bits per heavy atom. The SMILES string of the molecule is CCCOc1c(C)cc(C(N)CN)cc1Cl. The van der Waals surface area contributed by atoms with Crippen molar-refractivity contribution in [1.82, 2.24) is 0 Å². The highest BCUT2D eigenvalue weighted by atomic mass is 35.5. The minimum atomic E-state index is -0.170. The van der Waals surface area contributed by atoms with Crippen molar-refractivity contribution in [2.75, 3.05) is 13.2 Å². The summed E-state index contributed by atoms with van der Waals surface area (Å²) in [6, 6.07) is 3.64. The van der Waals surface area contributed by atoms with Crippen molar-refractivity contribution in [2.45, 2.75) is 26.3 Å². The van der Waals surface area contributed by atoms with Gasteiger partial charge in [-0.05, 0) is 30.5 Å². The molecule has 1 atom stereocenters. The highest BCUT2D eigenvalue weighted by Gasteiger charge is 2.11. The van der Waals surface area contributed by atoms with E-state index in [1.54, 1.807) is 0 Å². The predicted octanol–water partition coefficient (Wildman–Crippen LogP) is 2.40. The molecule has 90 valence electrons. The number of aryl methyl sites for hydroxylation is 1. The average molecular weight is 243 g/mol. The van der Waals surface area contributed by atoms with E-state index in [9.17, 15) is 0 Å². The molecule has 0 radical (unpaired) electrons. The number of hydrogen-bond acceptors (Lipinski definition) is 3. The number of ether oxygens (including phenoxy) is 1. The lowest BCUT2D eigenvalue weighted by molar-refractivity contribution is 0.315. The quantitative estimate of drug-likeness (QED) is 0.834. The number of hydrogen-bond donors (Lipinski definition) is 2. The fourth-order valence-corrected chi connectivity index (χ4v) is 1.82. The summed E-state index contributed by atoms with van der Waals surface area (Å²) >= 11 is 6.15. The summed E-state index contributed by atoms with van der Waals surface area (Å²) in [5.74, 6) is 0.747. The lowest BCUT2D eigenvalue weighted by Crippen LogP contribution is -2.20. The molecular formula is C12H19ClN2O. The van der Waals surface area contributed by atoms with Gasteiger partial charge in [0.25, 0.3) is 0 Å². The van der Waals surface area contributed by atoms with Crippen LogP contribution in [0.4, 0.5) is 0 Å². The lowest BCUT2D eigenvalue weighted by Gasteiger charge is -2.15. The van der Waals surface area contributed by atoms with E-state index in [1.165, 1.54) is 0 Å². The summed E-state index contributed by atoms with van der Waals surface area (Å²) in [7, 11) is 0. The van der Waals surface area contributed by atoms with Gasteiger partial charge in [-0.15, -0.1) is 0 Å². The zero-order valence-corrected chi connectivity index (χ0v) is 10.6.